The third-order valence-electron chi connectivity index (χ3n) is 3.21. The standard InChI is InChI=1S/C13H18BrNO2/c1-16-11-6-7-15(9-11)8-10-4-3-5-12(14)13(10)17-2/h3-5,11H,6-9H2,1-2H3/t11-/m1/s1. The predicted molar refractivity (Wildman–Crippen MR) is 71.4 cm³/mol. The molecule has 2 rings (SSSR count). The van der Waals surface area contributed by atoms with Gasteiger partial charge in [0.25, 0.3) is 0 Å². The minimum Gasteiger partial charge on any atom is -0.495 e. The summed E-state index contributed by atoms with van der Waals surface area (Å²) in [6.45, 7) is 3.02. The molecular formula is C13H18BrNO2. The molecule has 1 aromatic carbocycles. The van der Waals surface area contributed by atoms with Crippen LogP contribution in [0.15, 0.2) is 22.7 Å². The van der Waals surface area contributed by atoms with Crippen molar-refractivity contribution >= 4 is 15.9 Å². The number of halogens is 1. The molecule has 1 heterocycles. The smallest absolute Gasteiger partial charge is 0.137 e. The number of rotatable bonds is 4. The lowest BCUT2D eigenvalue weighted by atomic mass is 10.2. The lowest BCUT2D eigenvalue weighted by molar-refractivity contribution is 0.107. The van der Waals surface area contributed by atoms with Gasteiger partial charge in [-0.15, -0.1) is 0 Å². The van der Waals surface area contributed by atoms with Gasteiger partial charge in [0.15, 0.2) is 0 Å². The summed E-state index contributed by atoms with van der Waals surface area (Å²) in [5.74, 6) is 0.938. The molecule has 0 bridgehead atoms. The van der Waals surface area contributed by atoms with E-state index in [0.29, 0.717) is 6.10 Å². The number of hydrogen-bond acceptors (Lipinski definition) is 3. The highest BCUT2D eigenvalue weighted by atomic mass is 79.9. The number of likely N-dealkylation sites (tertiary alicyclic amines) is 1. The van der Waals surface area contributed by atoms with Gasteiger partial charge >= 0.3 is 0 Å². The maximum atomic E-state index is 5.43. The van der Waals surface area contributed by atoms with E-state index in [-0.39, 0.29) is 0 Å². The topological polar surface area (TPSA) is 21.7 Å². The first-order valence-corrected chi connectivity index (χ1v) is 6.60. The second-order valence-electron chi connectivity index (χ2n) is 4.31. The number of nitrogens with zero attached hydrogens (tertiary/aromatic N) is 1. The summed E-state index contributed by atoms with van der Waals surface area (Å²) in [5.41, 5.74) is 1.22. The molecule has 0 unspecified atom stereocenters. The van der Waals surface area contributed by atoms with Gasteiger partial charge in [-0.1, -0.05) is 12.1 Å². The van der Waals surface area contributed by atoms with Crippen molar-refractivity contribution in [2.45, 2.75) is 19.1 Å². The van der Waals surface area contributed by atoms with Gasteiger partial charge in [0.05, 0.1) is 17.7 Å². The van der Waals surface area contributed by atoms with Crippen LogP contribution in [0.25, 0.3) is 0 Å². The predicted octanol–water partition coefficient (Wildman–Crippen LogP) is 2.68. The molecule has 0 spiro atoms. The Hall–Kier alpha value is -0.580. The molecule has 0 amide bonds. The van der Waals surface area contributed by atoms with Crippen molar-refractivity contribution in [1.82, 2.24) is 4.90 Å². The van der Waals surface area contributed by atoms with Crippen LogP contribution in [0.4, 0.5) is 0 Å². The van der Waals surface area contributed by atoms with E-state index in [1.54, 1.807) is 14.2 Å². The Bertz CT molecular complexity index is 384. The molecule has 0 radical (unpaired) electrons. The molecule has 0 saturated carbocycles. The van der Waals surface area contributed by atoms with E-state index in [1.165, 1.54) is 5.56 Å². The Morgan fingerprint density at radius 2 is 2.24 bits per heavy atom. The van der Waals surface area contributed by atoms with E-state index < -0.39 is 0 Å². The Labute approximate surface area is 111 Å². The summed E-state index contributed by atoms with van der Waals surface area (Å²) < 4.78 is 11.8. The minimum atomic E-state index is 0.383. The lowest BCUT2D eigenvalue weighted by Gasteiger charge is -2.18. The molecule has 0 aliphatic carbocycles. The van der Waals surface area contributed by atoms with Gasteiger partial charge in [0.1, 0.15) is 5.75 Å². The average Bonchev–Trinajstić information content (AvgIpc) is 2.77. The van der Waals surface area contributed by atoms with E-state index in [9.17, 15) is 0 Å². The van der Waals surface area contributed by atoms with Crippen LogP contribution < -0.4 is 4.74 Å². The summed E-state index contributed by atoms with van der Waals surface area (Å²) in [4.78, 5) is 2.40. The highest BCUT2D eigenvalue weighted by Crippen LogP contribution is 2.30. The van der Waals surface area contributed by atoms with Crippen molar-refractivity contribution in [2.75, 3.05) is 27.3 Å². The second kappa shape index (κ2) is 5.85. The Morgan fingerprint density at radius 1 is 1.41 bits per heavy atom. The van der Waals surface area contributed by atoms with Crippen molar-refractivity contribution < 1.29 is 9.47 Å². The molecule has 1 aromatic rings. The largest absolute Gasteiger partial charge is 0.495 e. The maximum absolute atomic E-state index is 5.43. The molecular weight excluding hydrogens is 282 g/mol. The zero-order valence-electron chi connectivity index (χ0n) is 10.3. The zero-order chi connectivity index (χ0) is 12.3. The fourth-order valence-corrected chi connectivity index (χ4v) is 2.85. The fraction of sp³-hybridized carbons (Fsp3) is 0.538. The van der Waals surface area contributed by atoms with Gasteiger partial charge in [0.2, 0.25) is 0 Å². The highest BCUT2D eigenvalue weighted by Gasteiger charge is 2.23. The molecule has 1 saturated heterocycles. The van der Waals surface area contributed by atoms with E-state index >= 15 is 0 Å². The normalized spacial score (nSPS) is 20.8. The summed E-state index contributed by atoms with van der Waals surface area (Å²) in [6.07, 6.45) is 1.50. The summed E-state index contributed by atoms with van der Waals surface area (Å²) in [6, 6.07) is 6.17. The summed E-state index contributed by atoms with van der Waals surface area (Å²) in [5, 5.41) is 0. The summed E-state index contributed by atoms with van der Waals surface area (Å²) in [7, 11) is 3.50. The zero-order valence-corrected chi connectivity index (χ0v) is 11.9. The molecule has 1 atom stereocenters. The molecule has 94 valence electrons. The van der Waals surface area contributed by atoms with Crippen LogP contribution in [0, 0.1) is 0 Å². The van der Waals surface area contributed by atoms with Gasteiger partial charge in [0, 0.05) is 32.3 Å². The first kappa shape index (κ1) is 12.9. The minimum absolute atomic E-state index is 0.383. The van der Waals surface area contributed by atoms with Crippen LogP contribution in [-0.4, -0.2) is 38.3 Å². The van der Waals surface area contributed by atoms with Crippen molar-refractivity contribution in [2.24, 2.45) is 0 Å². The third-order valence-corrected chi connectivity index (χ3v) is 3.83. The van der Waals surface area contributed by atoms with E-state index in [4.69, 9.17) is 9.47 Å². The van der Waals surface area contributed by atoms with Crippen LogP contribution in [0.5, 0.6) is 5.75 Å². The van der Waals surface area contributed by atoms with E-state index in [0.717, 1.165) is 36.3 Å². The van der Waals surface area contributed by atoms with Crippen LogP contribution in [0.1, 0.15) is 12.0 Å². The van der Waals surface area contributed by atoms with Gasteiger partial charge in [-0.3, -0.25) is 4.90 Å². The molecule has 0 aromatic heterocycles. The van der Waals surface area contributed by atoms with Gasteiger partial charge in [-0.05, 0) is 28.4 Å². The lowest BCUT2D eigenvalue weighted by Crippen LogP contribution is -2.22. The molecule has 17 heavy (non-hydrogen) atoms. The average molecular weight is 300 g/mol. The Morgan fingerprint density at radius 3 is 2.88 bits per heavy atom. The molecule has 0 N–H and O–H groups in total. The monoisotopic (exact) mass is 299 g/mol. The molecule has 1 aliphatic heterocycles. The van der Waals surface area contributed by atoms with Crippen LogP contribution in [0.2, 0.25) is 0 Å². The molecule has 1 fully saturated rings. The first-order chi connectivity index (χ1) is 8.24. The fourth-order valence-electron chi connectivity index (χ4n) is 2.28. The number of hydrogen-bond donors (Lipinski definition) is 0. The van der Waals surface area contributed by atoms with Gasteiger partial charge in [-0.2, -0.15) is 0 Å². The van der Waals surface area contributed by atoms with Crippen LogP contribution in [0.3, 0.4) is 0 Å². The third kappa shape index (κ3) is 3.00. The SMILES string of the molecule is COc1c(Br)cccc1CN1CC[C@@H](OC)C1. The number of benzene rings is 1. The number of methoxy groups -OCH3 is 2. The Balaban J connectivity index is 2.06. The van der Waals surface area contributed by atoms with Crippen molar-refractivity contribution in [3.63, 3.8) is 0 Å². The van der Waals surface area contributed by atoms with Crippen molar-refractivity contribution in [3.8, 4) is 5.75 Å². The first-order valence-electron chi connectivity index (χ1n) is 5.81. The van der Waals surface area contributed by atoms with Crippen molar-refractivity contribution in [3.05, 3.63) is 28.2 Å². The summed E-state index contributed by atoms with van der Waals surface area (Å²) >= 11 is 3.51. The molecule has 4 heteroatoms. The molecule has 1 aliphatic rings. The van der Waals surface area contributed by atoms with E-state index in [1.807, 2.05) is 12.1 Å². The van der Waals surface area contributed by atoms with Gasteiger partial charge < -0.3 is 9.47 Å². The van der Waals surface area contributed by atoms with E-state index in [2.05, 4.69) is 26.9 Å². The van der Waals surface area contributed by atoms with Crippen LogP contribution in [-0.2, 0) is 11.3 Å². The van der Waals surface area contributed by atoms with Crippen LogP contribution >= 0.6 is 15.9 Å². The highest BCUT2D eigenvalue weighted by molar-refractivity contribution is 9.10. The van der Waals surface area contributed by atoms with Crippen molar-refractivity contribution in [1.29, 1.82) is 0 Å². The second-order valence-corrected chi connectivity index (χ2v) is 5.17. The number of ether oxygens (including phenoxy) is 2. The number of para-hydroxylation sites is 1. The van der Waals surface area contributed by atoms with Gasteiger partial charge in [-0.25, -0.2) is 0 Å². The molecule has 3 nitrogen and oxygen atoms in total. The quantitative estimate of drug-likeness (QED) is 0.853. The Kier molecular flexibility index (Phi) is 4.42. The maximum Gasteiger partial charge on any atom is 0.137 e.